The van der Waals surface area contributed by atoms with Crippen molar-refractivity contribution in [2.75, 3.05) is 47.3 Å². The van der Waals surface area contributed by atoms with Gasteiger partial charge in [-0.1, -0.05) is 49.4 Å². The van der Waals surface area contributed by atoms with E-state index in [2.05, 4.69) is 39.9 Å². The van der Waals surface area contributed by atoms with Gasteiger partial charge < -0.3 is 30.3 Å². The second kappa shape index (κ2) is 14.8. The topological polar surface area (TPSA) is 118 Å². The average Bonchev–Trinajstić information content (AvgIpc) is 3.67. The molecule has 0 radical (unpaired) electrons. The van der Waals surface area contributed by atoms with Gasteiger partial charge in [0.2, 0.25) is 11.8 Å². The van der Waals surface area contributed by atoms with Crippen LogP contribution in [-0.4, -0.2) is 104 Å². The van der Waals surface area contributed by atoms with Crippen molar-refractivity contribution in [2.45, 2.75) is 75.2 Å². The number of amides is 4. The van der Waals surface area contributed by atoms with Crippen molar-refractivity contribution in [3.63, 3.8) is 0 Å². The van der Waals surface area contributed by atoms with Gasteiger partial charge in [0.05, 0.1) is 5.92 Å². The van der Waals surface area contributed by atoms with Gasteiger partial charge in [0.15, 0.2) is 0 Å². The Morgan fingerprint density at radius 1 is 1.04 bits per heavy atom. The van der Waals surface area contributed by atoms with Crippen LogP contribution in [0.5, 0.6) is 0 Å². The van der Waals surface area contributed by atoms with E-state index < -0.39 is 6.04 Å². The van der Waals surface area contributed by atoms with E-state index in [0.29, 0.717) is 13.1 Å². The first-order chi connectivity index (χ1) is 22.6. The van der Waals surface area contributed by atoms with Gasteiger partial charge in [-0.3, -0.25) is 9.59 Å². The van der Waals surface area contributed by atoms with Crippen molar-refractivity contribution < 1.29 is 19.1 Å². The Labute approximate surface area is 278 Å². The molecule has 1 aliphatic carbocycles. The molecule has 10 nitrogen and oxygen atoms in total. The number of H-pyrrole nitrogens is 1. The van der Waals surface area contributed by atoms with Crippen molar-refractivity contribution in [2.24, 2.45) is 0 Å². The Morgan fingerprint density at radius 2 is 1.72 bits per heavy atom. The van der Waals surface area contributed by atoms with E-state index >= 15 is 0 Å². The summed E-state index contributed by atoms with van der Waals surface area (Å²) in [6.45, 7) is 6.39. The Morgan fingerprint density at radius 3 is 2.40 bits per heavy atom. The van der Waals surface area contributed by atoms with Gasteiger partial charge in [0, 0.05) is 75.3 Å². The molecule has 2 unspecified atom stereocenters. The fraction of sp³-hybridized carbons (Fsp3) is 0.528. The molecular formula is C36H49BN6O4. The molecule has 250 valence electrons. The molecule has 2 fully saturated rings. The van der Waals surface area contributed by atoms with Crippen molar-refractivity contribution in [1.29, 1.82) is 0 Å². The normalized spacial score (nSPS) is 21.1. The second-order valence-corrected chi connectivity index (χ2v) is 13.5. The van der Waals surface area contributed by atoms with Gasteiger partial charge >= 0.3 is 24.7 Å². The predicted octanol–water partition coefficient (Wildman–Crippen LogP) is 4.25. The molecule has 1 spiro atoms. The van der Waals surface area contributed by atoms with Gasteiger partial charge in [-0.2, -0.15) is 0 Å². The first-order valence-corrected chi connectivity index (χ1v) is 16.9. The van der Waals surface area contributed by atoms with Crippen LogP contribution in [0.2, 0.25) is 6.82 Å². The Hall–Kier alpha value is -3.99. The number of nitrogens with zero attached hydrogens (tertiary/aromatic N) is 3. The summed E-state index contributed by atoms with van der Waals surface area (Å²) in [6.07, 6.45) is 6.30. The monoisotopic (exact) mass is 640 g/mol. The number of fused-ring (bicyclic) bond motifs is 3. The third-order valence-electron chi connectivity index (χ3n) is 10.6. The number of nitrogens with one attached hydrogen (secondary N) is 3. The predicted molar refractivity (Wildman–Crippen MR) is 185 cm³/mol. The Kier molecular flexibility index (Phi) is 10.8. The average molecular weight is 641 g/mol. The SMILES string of the molecule is CB=O.C[C@H](c1c[nH]c2ccccc12)C(NC(=O)N(C)C1CCCNC1)C(=O)N1CCC2(CC1)C[C@@H](C(=O)N(C)C)c1ccccc12. The first-order valence-electron chi connectivity index (χ1n) is 16.9. The maximum Gasteiger partial charge on any atom is 0.318 e. The van der Waals surface area contributed by atoms with E-state index in [0.717, 1.165) is 74.4 Å². The van der Waals surface area contributed by atoms with Crippen LogP contribution < -0.4 is 10.6 Å². The van der Waals surface area contributed by atoms with Gasteiger partial charge in [-0.15, -0.1) is 0 Å². The molecule has 2 aliphatic heterocycles. The maximum absolute atomic E-state index is 14.4. The maximum atomic E-state index is 14.4. The zero-order valence-corrected chi connectivity index (χ0v) is 28.4. The molecule has 2 aromatic carbocycles. The fourth-order valence-electron chi connectivity index (χ4n) is 7.87. The number of urea groups is 1. The number of rotatable bonds is 6. The largest absolute Gasteiger partial charge is 0.361 e. The summed E-state index contributed by atoms with van der Waals surface area (Å²) in [5.74, 6) is -0.304. The molecule has 2 saturated heterocycles. The van der Waals surface area contributed by atoms with Crippen LogP contribution in [0.25, 0.3) is 10.9 Å². The van der Waals surface area contributed by atoms with E-state index in [4.69, 9.17) is 4.70 Å². The summed E-state index contributed by atoms with van der Waals surface area (Å²) in [5.41, 5.74) is 4.29. The zero-order chi connectivity index (χ0) is 33.7. The van der Waals surface area contributed by atoms with E-state index in [1.807, 2.05) is 63.4 Å². The van der Waals surface area contributed by atoms with Gasteiger partial charge in [0.1, 0.15) is 6.04 Å². The van der Waals surface area contributed by atoms with Crippen LogP contribution in [0, 0.1) is 0 Å². The van der Waals surface area contributed by atoms with Gasteiger partial charge in [-0.05, 0) is 61.4 Å². The Bertz CT molecular complexity index is 1580. The number of hydrogen-bond acceptors (Lipinski definition) is 5. The Balaban J connectivity index is 0.00000139. The molecule has 4 atom stereocenters. The molecule has 6 rings (SSSR count). The molecule has 11 heteroatoms. The molecule has 3 aromatic rings. The van der Waals surface area contributed by atoms with Gasteiger partial charge in [-0.25, -0.2) is 4.79 Å². The van der Waals surface area contributed by atoms with Crippen LogP contribution in [0.1, 0.15) is 67.6 Å². The van der Waals surface area contributed by atoms with Crippen molar-refractivity contribution in [3.8, 4) is 0 Å². The van der Waals surface area contributed by atoms with Crippen molar-refractivity contribution in [1.82, 2.24) is 30.3 Å². The number of aromatic nitrogens is 1. The van der Waals surface area contributed by atoms with E-state index in [-0.39, 0.29) is 41.1 Å². The molecule has 47 heavy (non-hydrogen) atoms. The van der Waals surface area contributed by atoms with Gasteiger partial charge in [0.25, 0.3) is 0 Å². The van der Waals surface area contributed by atoms with Crippen LogP contribution in [0.3, 0.4) is 0 Å². The summed E-state index contributed by atoms with van der Waals surface area (Å²) < 4.78 is 8.81. The third-order valence-corrected chi connectivity index (χ3v) is 10.6. The third kappa shape index (κ3) is 7.00. The summed E-state index contributed by atoms with van der Waals surface area (Å²) in [7, 11) is 6.23. The van der Waals surface area contributed by atoms with E-state index in [1.54, 1.807) is 9.80 Å². The molecule has 3 aliphatic rings. The molecule has 3 heterocycles. The minimum Gasteiger partial charge on any atom is -0.361 e. The number of likely N-dealkylation sites (tertiary alicyclic amines) is 1. The molecular weight excluding hydrogens is 591 g/mol. The summed E-state index contributed by atoms with van der Waals surface area (Å²) in [5, 5.41) is 7.63. The first kappa shape index (κ1) is 34.4. The smallest absolute Gasteiger partial charge is 0.318 e. The van der Waals surface area contributed by atoms with Crippen molar-refractivity contribution in [3.05, 3.63) is 71.4 Å². The number of carbonyl (C=O) groups excluding carboxylic acids is 3. The number of piperidine rings is 2. The molecule has 1 aromatic heterocycles. The number of hydrogen-bond donors (Lipinski definition) is 3. The number of benzene rings is 2. The summed E-state index contributed by atoms with van der Waals surface area (Å²) in [4.78, 5) is 50.0. The minimum atomic E-state index is -0.714. The number of aromatic amines is 1. The van der Waals surface area contributed by atoms with Crippen LogP contribution in [0.4, 0.5) is 4.79 Å². The quantitative estimate of drug-likeness (QED) is 0.349. The molecule has 3 N–H and O–H groups in total. The van der Waals surface area contributed by atoms with E-state index in [9.17, 15) is 14.4 Å². The fourth-order valence-corrected chi connectivity index (χ4v) is 7.87. The molecule has 0 saturated carbocycles. The summed E-state index contributed by atoms with van der Waals surface area (Å²) >= 11 is 0. The molecule has 0 bridgehead atoms. The van der Waals surface area contributed by atoms with Crippen LogP contribution in [-0.2, 0) is 19.7 Å². The molecule has 4 amide bonds. The van der Waals surface area contributed by atoms with Crippen LogP contribution in [0.15, 0.2) is 54.7 Å². The van der Waals surface area contributed by atoms with E-state index in [1.165, 1.54) is 12.4 Å². The zero-order valence-electron chi connectivity index (χ0n) is 28.4. The second-order valence-electron chi connectivity index (χ2n) is 13.5. The minimum absolute atomic E-state index is 0.0478. The van der Waals surface area contributed by atoms with Crippen molar-refractivity contribution >= 4 is 35.9 Å². The number of likely N-dealkylation sites (N-methyl/N-ethyl adjacent to an activating group) is 2. The summed E-state index contributed by atoms with van der Waals surface area (Å²) in [6, 6.07) is 15.6. The number of carbonyl (C=O) groups is 3. The van der Waals surface area contributed by atoms with Crippen LogP contribution >= 0.6 is 0 Å². The number of para-hydroxylation sites is 1. The standard InChI is InChI=1S/C35H46N6O3.CH3BO/c1-23(28-22-37-30-14-8-6-12-26(28)30)31(38-34(44)40(4)24-10-9-17-36-21-24)33(43)41-18-15-35(16-19-41)20-27(32(42)39(2)3)25-11-5-7-13-29(25)35;1-2-3/h5-8,11-14,22-24,27,31,36-37H,9-10,15-21H2,1-4H3,(H,38,44);1H3/t23-,24?,27-,31?;/m1./s1.